The number of nitrogens with zero attached hydrogens (tertiary/aromatic N) is 2. The number of pyridine rings is 1. The first kappa shape index (κ1) is 17.4. The van der Waals surface area contributed by atoms with Crippen LogP contribution in [-0.4, -0.2) is 36.7 Å². The van der Waals surface area contributed by atoms with Crippen LogP contribution in [0.1, 0.15) is 12.8 Å². The molecule has 134 valence electrons. The molecule has 1 saturated heterocycles. The molecule has 1 amide bonds. The molecule has 1 aliphatic rings. The number of rotatable bonds is 3. The topological polar surface area (TPSA) is 45.2 Å². The first-order valence-electron chi connectivity index (χ1n) is 7.97. The average Bonchev–Trinajstić information content (AvgIpc) is 2.58. The monoisotopic (exact) mass is 355 g/mol. The van der Waals surface area contributed by atoms with Crippen molar-refractivity contribution in [1.29, 1.82) is 0 Å². The van der Waals surface area contributed by atoms with Crippen molar-refractivity contribution in [3.63, 3.8) is 0 Å². The lowest BCUT2D eigenvalue weighted by atomic mass is 9.96. The molecule has 1 aliphatic heterocycles. The van der Waals surface area contributed by atoms with Crippen LogP contribution in [0.25, 0.3) is 10.9 Å². The molecule has 1 N–H and O–H groups in total. The molecule has 3 rings (SSSR count). The van der Waals surface area contributed by atoms with Gasteiger partial charge in [0.2, 0.25) is 5.91 Å². The number of piperidine rings is 1. The first-order valence-corrected chi connectivity index (χ1v) is 7.97. The summed E-state index contributed by atoms with van der Waals surface area (Å²) in [7, 11) is 0. The summed E-state index contributed by atoms with van der Waals surface area (Å²) < 4.78 is 50.2. The molecule has 1 aromatic carbocycles. The molecule has 1 unspecified atom stereocenters. The molecule has 0 spiro atoms. The number of hydrogen-bond donors (Lipinski definition) is 1. The summed E-state index contributed by atoms with van der Waals surface area (Å²) in [5, 5.41) is 2.71. The molecular formula is C17H17F4N3O. The van der Waals surface area contributed by atoms with Gasteiger partial charge >= 0.3 is 6.18 Å². The number of halogens is 4. The van der Waals surface area contributed by atoms with Crippen LogP contribution in [0.3, 0.4) is 0 Å². The number of carbonyl (C=O) groups excluding carboxylic acids is 1. The summed E-state index contributed by atoms with van der Waals surface area (Å²) in [6.45, 7) is -0.320. The number of nitrogens with one attached hydrogen (secondary N) is 1. The van der Waals surface area contributed by atoms with Crippen molar-refractivity contribution >= 4 is 22.5 Å². The fourth-order valence-electron chi connectivity index (χ4n) is 3.12. The molecule has 2 heterocycles. The molecular weight excluding hydrogens is 338 g/mol. The maximum absolute atomic E-state index is 13.4. The van der Waals surface area contributed by atoms with E-state index in [9.17, 15) is 22.4 Å². The minimum absolute atomic E-state index is 0.320. The molecule has 2 aromatic rings. The van der Waals surface area contributed by atoms with Gasteiger partial charge in [0, 0.05) is 36.4 Å². The lowest BCUT2D eigenvalue weighted by molar-refractivity contribution is -0.140. The van der Waals surface area contributed by atoms with Crippen LogP contribution >= 0.6 is 0 Å². The molecule has 0 radical (unpaired) electrons. The Morgan fingerprint density at radius 1 is 1.32 bits per heavy atom. The molecule has 4 nitrogen and oxygen atoms in total. The minimum Gasteiger partial charge on any atom is -0.370 e. The third-order valence-electron chi connectivity index (χ3n) is 4.28. The van der Waals surface area contributed by atoms with Crippen molar-refractivity contribution < 1.29 is 22.4 Å². The summed E-state index contributed by atoms with van der Waals surface area (Å²) in [5.74, 6) is -1.49. The van der Waals surface area contributed by atoms with E-state index in [1.807, 2.05) is 10.2 Å². The van der Waals surface area contributed by atoms with Gasteiger partial charge in [-0.15, -0.1) is 0 Å². The van der Waals surface area contributed by atoms with Crippen LogP contribution in [0.5, 0.6) is 0 Å². The number of aromatic nitrogens is 1. The SMILES string of the molecule is O=C(NCC(F)(F)F)C1CCCN(c2ccnc3cc(F)ccc23)C1. The molecule has 1 aromatic heterocycles. The van der Waals surface area contributed by atoms with Crippen molar-refractivity contribution in [2.75, 3.05) is 24.5 Å². The number of hydrogen-bond acceptors (Lipinski definition) is 3. The Hall–Kier alpha value is -2.38. The van der Waals surface area contributed by atoms with Crippen molar-refractivity contribution in [3.8, 4) is 0 Å². The number of alkyl halides is 3. The van der Waals surface area contributed by atoms with E-state index >= 15 is 0 Å². The van der Waals surface area contributed by atoms with Gasteiger partial charge in [0.25, 0.3) is 0 Å². The van der Waals surface area contributed by atoms with Gasteiger partial charge in [-0.3, -0.25) is 9.78 Å². The second kappa shape index (κ2) is 6.85. The predicted molar refractivity (Wildman–Crippen MR) is 85.7 cm³/mol. The van der Waals surface area contributed by atoms with Crippen LogP contribution in [0.4, 0.5) is 23.2 Å². The number of benzene rings is 1. The van der Waals surface area contributed by atoms with Gasteiger partial charge in [-0.1, -0.05) is 0 Å². The normalized spacial score (nSPS) is 18.4. The van der Waals surface area contributed by atoms with E-state index < -0.39 is 24.5 Å². The highest BCUT2D eigenvalue weighted by Gasteiger charge is 2.31. The largest absolute Gasteiger partial charge is 0.405 e. The van der Waals surface area contributed by atoms with Gasteiger partial charge in [0.15, 0.2) is 0 Å². The Labute approximate surface area is 141 Å². The number of fused-ring (bicyclic) bond motifs is 1. The zero-order valence-electron chi connectivity index (χ0n) is 13.3. The summed E-state index contributed by atoms with van der Waals surface area (Å²) in [4.78, 5) is 18.1. The van der Waals surface area contributed by atoms with Crippen molar-refractivity contribution in [1.82, 2.24) is 10.3 Å². The van der Waals surface area contributed by atoms with Crippen LogP contribution in [0, 0.1) is 11.7 Å². The molecule has 0 bridgehead atoms. The van der Waals surface area contributed by atoms with Crippen molar-refractivity contribution in [3.05, 3.63) is 36.3 Å². The third kappa shape index (κ3) is 4.18. The Bertz CT molecular complexity index is 778. The molecule has 1 fully saturated rings. The lowest BCUT2D eigenvalue weighted by Crippen LogP contribution is -2.45. The molecule has 25 heavy (non-hydrogen) atoms. The number of anilines is 1. The Kier molecular flexibility index (Phi) is 4.78. The van der Waals surface area contributed by atoms with Crippen molar-refractivity contribution in [2.24, 2.45) is 5.92 Å². The van der Waals surface area contributed by atoms with E-state index in [4.69, 9.17) is 0 Å². The van der Waals surface area contributed by atoms with E-state index in [-0.39, 0.29) is 5.82 Å². The molecule has 0 saturated carbocycles. The first-order chi connectivity index (χ1) is 11.8. The second-order valence-electron chi connectivity index (χ2n) is 6.11. The van der Waals surface area contributed by atoms with Crippen LogP contribution in [-0.2, 0) is 4.79 Å². The zero-order valence-corrected chi connectivity index (χ0v) is 13.3. The highest BCUT2D eigenvalue weighted by Crippen LogP contribution is 2.30. The van der Waals surface area contributed by atoms with E-state index in [1.165, 1.54) is 12.1 Å². The van der Waals surface area contributed by atoms with Gasteiger partial charge in [-0.05, 0) is 31.0 Å². The summed E-state index contributed by atoms with van der Waals surface area (Å²) in [6.07, 6.45) is -1.63. The third-order valence-corrected chi connectivity index (χ3v) is 4.28. The van der Waals surface area contributed by atoms with E-state index in [2.05, 4.69) is 4.98 Å². The minimum atomic E-state index is -4.42. The quantitative estimate of drug-likeness (QED) is 0.860. The average molecular weight is 355 g/mol. The molecule has 8 heteroatoms. The fraction of sp³-hybridized carbons (Fsp3) is 0.412. The van der Waals surface area contributed by atoms with Gasteiger partial charge < -0.3 is 10.2 Å². The summed E-state index contributed by atoms with van der Waals surface area (Å²) in [5.41, 5.74) is 1.31. The number of amides is 1. The Balaban J connectivity index is 1.77. The molecule has 1 atom stereocenters. The Morgan fingerprint density at radius 3 is 2.88 bits per heavy atom. The Morgan fingerprint density at radius 2 is 2.12 bits per heavy atom. The smallest absolute Gasteiger partial charge is 0.370 e. The highest BCUT2D eigenvalue weighted by molar-refractivity contribution is 5.92. The maximum atomic E-state index is 13.4. The van der Waals surface area contributed by atoms with Gasteiger partial charge in [0.1, 0.15) is 12.4 Å². The highest BCUT2D eigenvalue weighted by atomic mass is 19.4. The molecule has 0 aliphatic carbocycles. The second-order valence-corrected chi connectivity index (χ2v) is 6.11. The van der Waals surface area contributed by atoms with E-state index in [0.717, 1.165) is 11.1 Å². The van der Waals surface area contributed by atoms with Gasteiger partial charge in [-0.2, -0.15) is 13.2 Å². The van der Waals surface area contributed by atoms with E-state index in [0.29, 0.717) is 31.4 Å². The van der Waals surface area contributed by atoms with Crippen LogP contribution in [0.2, 0.25) is 0 Å². The standard InChI is InChI=1S/C17H17F4N3O/c18-12-3-4-13-14(8-12)22-6-5-15(13)24-7-1-2-11(9-24)16(25)23-10-17(19,20)21/h3-6,8,11H,1-2,7,9-10H2,(H,23,25). The summed E-state index contributed by atoms with van der Waals surface area (Å²) >= 11 is 0. The van der Waals surface area contributed by atoms with Crippen molar-refractivity contribution in [2.45, 2.75) is 19.0 Å². The number of carbonyl (C=O) groups is 1. The predicted octanol–water partition coefficient (Wildman–Crippen LogP) is 3.27. The maximum Gasteiger partial charge on any atom is 0.405 e. The van der Waals surface area contributed by atoms with Crippen LogP contribution < -0.4 is 10.2 Å². The van der Waals surface area contributed by atoms with Crippen LogP contribution in [0.15, 0.2) is 30.5 Å². The zero-order chi connectivity index (χ0) is 18.0. The van der Waals surface area contributed by atoms with Gasteiger partial charge in [0.05, 0.1) is 11.4 Å². The lowest BCUT2D eigenvalue weighted by Gasteiger charge is -2.34. The fourth-order valence-corrected chi connectivity index (χ4v) is 3.12. The van der Waals surface area contributed by atoms with Gasteiger partial charge in [-0.25, -0.2) is 4.39 Å². The summed E-state index contributed by atoms with van der Waals surface area (Å²) in [6, 6.07) is 6.07. The van der Waals surface area contributed by atoms with E-state index in [1.54, 1.807) is 18.3 Å².